The molecule has 0 saturated heterocycles. The summed E-state index contributed by atoms with van der Waals surface area (Å²) in [4.78, 5) is 0. The second kappa shape index (κ2) is 13.4. The maximum absolute atomic E-state index is 3.96. The molecule has 2 aliphatic carbocycles. The molecule has 2 heteroatoms. The molecule has 0 bridgehead atoms. The molecule has 0 aliphatic heterocycles. The van der Waals surface area contributed by atoms with Gasteiger partial charge in [-0.1, -0.05) is 0 Å². The molecule has 0 aromatic heterocycles. The van der Waals surface area contributed by atoms with Crippen LogP contribution in [0.1, 0.15) is 85.8 Å². The number of rotatable bonds is 9. The number of fused-ring (bicyclic) bond motifs is 2. The molecule has 0 fully saturated rings. The molecule has 0 amide bonds. The van der Waals surface area contributed by atoms with E-state index in [4.69, 9.17) is 0 Å². The molecular formula is C47H52HfSi. The van der Waals surface area contributed by atoms with E-state index >= 15 is 0 Å². The van der Waals surface area contributed by atoms with Crippen LogP contribution in [0.5, 0.6) is 0 Å². The Kier molecular flexibility index (Phi) is 9.35. The Morgan fingerprint density at radius 1 is 0.551 bits per heavy atom. The van der Waals surface area contributed by atoms with Gasteiger partial charge in [0, 0.05) is 0 Å². The molecule has 5 aromatic carbocycles. The molecule has 49 heavy (non-hydrogen) atoms. The van der Waals surface area contributed by atoms with Gasteiger partial charge in [0.2, 0.25) is 0 Å². The monoisotopic (exact) mass is 824 g/mol. The van der Waals surface area contributed by atoms with Crippen molar-refractivity contribution in [1.82, 2.24) is 0 Å². The van der Waals surface area contributed by atoms with Crippen LogP contribution in [0.25, 0.3) is 34.4 Å². The summed E-state index contributed by atoms with van der Waals surface area (Å²) in [5, 5.41) is 0. The maximum atomic E-state index is 2.87. The normalized spacial score (nSPS) is 16.8. The number of hydrogen-bond acceptors (Lipinski definition) is 0. The van der Waals surface area contributed by atoms with E-state index < -0.39 is 22.6 Å². The van der Waals surface area contributed by atoms with Crippen molar-refractivity contribution in [3.8, 4) is 22.3 Å². The van der Waals surface area contributed by atoms with Gasteiger partial charge in [-0.15, -0.1) is 0 Å². The van der Waals surface area contributed by atoms with E-state index in [1.807, 2.05) is 0 Å². The van der Waals surface area contributed by atoms with Crippen molar-refractivity contribution in [2.75, 3.05) is 0 Å². The van der Waals surface area contributed by atoms with E-state index in [2.05, 4.69) is 183 Å². The summed E-state index contributed by atoms with van der Waals surface area (Å²) < 4.78 is 6.79. The van der Waals surface area contributed by atoms with Gasteiger partial charge in [-0.05, 0) is 0 Å². The van der Waals surface area contributed by atoms with Crippen LogP contribution in [0.3, 0.4) is 0 Å². The summed E-state index contributed by atoms with van der Waals surface area (Å²) in [5.74, 6) is 1.08. The fraction of sp³-hybridized carbons (Fsp3) is 0.277. The second-order valence-corrected chi connectivity index (χ2v) is 63.6. The Hall–Kier alpha value is -3.33. The fourth-order valence-corrected chi connectivity index (χ4v) is 51.9. The average molecular weight is 824 g/mol. The van der Waals surface area contributed by atoms with E-state index in [9.17, 15) is 0 Å². The molecule has 2 atom stereocenters. The van der Waals surface area contributed by atoms with E-state index in [1.54, 1.807) is 11.1 Å². The molecule has 0 radical (unpaired) electrons. The van der Waals surface area contributed by atoms with E-state index in [-0.39, 0.29) is 0 Å². The molecule has 0 N–H and O–H groups in total. The minimum absolute atomic E-state index is 0.520. The van der Waals surface area contributed by atoms with Crippen molar-refractivity contribution in [3.63, 3.8) is 0 Å². The van der Waals surface area contributed by atoms with E-state index in [0.29, 0.717) is 19.2 Å². The van der Waals surface area contributed by atoms with Crippen LogP contribution in [0.4, 0.5) is 0 Å². The van der Waals surface area contributed by atoms with Gasteiger partial charge >= 0.3 is 299 Å². The Balaban J connectivity index is 1.36. The van der Waals surface area contributed by atoms with Crippen LogP contribution < -0.4 is 0 Å². The van der Waals surface area contributed by atoms with Crippen LogP contribution in [-0.2, 0) is 23.5 Å². The summed E-state index contributed by atoms with van der Waals surface area (Å²) in [7, 11) is 0. The van der Waals surface area contributed by atoms with Gasteiger partial charge in [0.1, 0.15) is 0 Å². The van der Waals surface area contributed by atoms with Crippen molar-refractivity contribution in [3.05, 3.63) is 166 Å². The zero-order valence-electron chi connectivity index (χ0n) is 30.5. The standard InChI is InChI=1S/2C18H17.C9H12Si.2CH3.Hf/c2*1-13(2)14-9-11-16(12-10-14)18-8-4-6-15-5-3-7-17(15)18;1-10-8-7-9-5-3-2-4-6-9;;;/h2*3-13H,1-2H3;2-6H,7-8H2,1H3;2*1H3;. The quantitative estimate of drug-likeness (QED) is 0.130. The predicted molar refractivity (Wildman–Crippen MR) is 214 cm³/mol. The zero-order valence-corrected chi connectivity index (χ0v) is 35.1. The molecule has 7 rings (SSSR count). The SMILES string of the molecule is CC(C)c1ccc(-c2cccc3c2C=C[CH]3[Hf]([CH3])([CH3])([CH]2C=Cc3c(-c4ccc(C(C)C)cc4)cccc32)=[Si](C)CCc2ccccc2)cc1. The van der Waals surface area contributed by atoms with Crippen molar-refractivity contribution in [2.24, 2.45) is 0 Å². The third kappa shape index (κ3) is 6.08. The number of hydrogen-bond donors (Lipinski definition) is 0. The first-order valence-electron chi connectivity index (χ1n) is 18.5. The molecule has 5 aromatic rings. The van der Waals surface area contributed by atoms with Crippen molar-refractivity contribution < 1.29 is 17.1 Å². The Labute approximate surface area is 296 Å². The fourth-order valence-electron chi connectivity index (χ4n) is 8.92. The molecule has 248 valence electrons. The van der Waals surface area contributed by atoms with Gasteiger partial charge in [0.25, 0.3) is 0 Å². The molecule has 0 spiro atoms. The van der Waals surface area contributed by atoms with Crippen LogP contribution in [0.2, 0.25) is 22.0 Å². The third-order valence-electron chi connectivity index (χ3n) is 12.5. The van der Waals surface area contributed by atoms with Gasteiger partial charge in [-0.3, -0.25) is 0 Å². The summed E-state index contributed by atoms with van der Waals surface area (Å²) in [6, 6.07) is 45.6. The van der Waals surface area contributed by atoms with Crippen LogP contribution >= 0.6 is 0 Å². The Morgan fingerprint density at radius 2 is 1.00 bits per heavy atom. The zero-order chi connectivity index (χ0) is 34.4. The summed E-state index contributed by atoms with van der Waals surface area (Å²) in [6.45, 7) is 11.8. The number of benzene rings is 5. The third-order valence-corrected chi connectivity index (χ3v) is 70.4. The van der Waals surface area contributed by atoms with Gasteiger partial charge in [0.05, 0.1) is 0 Å². The minimum atomic E-state index is -3.96. The predicted octanol–water partition coefficient (Wildman–Crippen LogP) is 13.8. The van der Waals surface area contributed by atoms with Crippen molar-refractivity contribution in [2.45, 2.75) is 75.3 Å². The first-order chi connectivity index (χ1) is 23.6. The summed E-state index contributed by atoms with van der Waals surface area (Å²) in [5.41, 5.74) is 15.1. The summed E-state index contributed by atoms with van der Waals surface area (Å²) in [6.07, 6.45) is 11.5. The van der Waals surface area contributed by atoms with Crippen molar-refractivity contribution >= 4 is 17.6 Å². The van der Waals surface area contributed by atoms with Crippen molar-refractivity contribution in [1.29, 1.82) is 0 Å². The van der Waals surface area contributed by atoms with Gasteiger partial charge in [-0.2, -0.15) is 0 Å². The molecule has 2 unspecified atom stereocenters. The molecule has 2 aliphatic rings. The van der Waals surface area contributed by atoms with Crippen LogP contribution in [0.15, 0.2) is 127 Å². The topological polar surface area (TPSA) is 0 Å². The molecular weight excluding hydrogens is 771 g/mol. The van der Waals surface area contributed by atoms with Gasteiger partial charge in [0.15, 0.2) is 0 Å². The number of allylic oxidation sites excluding steroid dienone is 2. The van der Waals surface area contributed by atoms with Crippen LogP contribution in [0, 0.1) is 0 Å². The van der Waals surface area contributed by atoms with Crippen LogP contribution in [-0.4, -0.2) is 5.49 Å². The number of aryl methyl sites for hydroxylation is 1. The first kappa shape index (κ1) is 34.1. The van der Waals surface area contributed by atoms with Gasteiger partial charge in [-0.25, -0.2) is 0 Å². The Bertz CT molecular complexity index is 2000. The summed E-state index contributed by atoms with van der Waals surface area (Å²) >= 11 is -3.96. The molecule has 0 saturated carbocycles. The van der Waals surface area contributed by atoms with E-state index in [0.717, 1.165) is 0 Å². The first-order valence-corrected chi connectivity index (χ1v) is 37.4. The molecule has 0 nitrogen and oxygen atoms in total. The second-order valence-electron chi connectivity index (χ2n) is 16.2. The van der Waals surface area contributed by atoms with Gasteiger partial charge < -0.3 is 0 Å². The van der Waals surface area contributed by atoms with E-state index in [1.165, 1.54) is 62.5 Å². The Morgan fingerprint density at radius 3 is 1.43 bits per heavy atom. The average Bonchev–Trinajstić information content (AvgIpc) is 3.78. The molecule has 0 heterocycles.